The molecule has 1 saturated heterocycles. The highest BCUT2D eigenvalue weighted by Gasteiger charge is 2.28. The average Bonchev–Trinajstić information content (AvgIpc) is 3.29. The SMILES string of the molecule is CC(=O)N(C)C1CCN(c2ccc(N/C=C3\C(=O)Nc4cc(F)ccc43)cc2F)C1. The molecule has 2 amide bonds. The Balaban J connectivity index is 1.48. The molecule has 2 heterocycles. The summed E-state index contributed by atoms with van der Waals surface area (Å²) in [5.74, 6) is -1.17. The molecule has 0 saturated carbocycles. The van der Waals surface area contributed by atoms with Crippen LogP contribution in [0.2, 0.25) is 0 Å². The van der Waals surface area contributed by atoms with Gasteiger partial charge >= 0.3 is 0 Å². The minimum absolute atomic E-state index is 0.00447. The van der Waals surface area contributed by atoms with Crippen LogP contribution in [0.15, 0.2) is 42.6 Å². The molecule has 2 N–H and O–H groups in total. The van der Waals surface area contributed by atoms with E-state index in [9.17, 15) is 18.4 Å². The van der Waals surface area contributed by atoms with Gasteiger partial charge in [-0.15, -0.1) is 0 Å². The van der Waals surface area contributed by atoms with Gasteiger partial charge in [0.1, 0.15) is 11.6 Å². The summed E-state index contributed by atoms with van der Waals surface area (Å²) in [6, 6.07) is 8.92. The lowest BCUT2D eigenvalue weighted by atomic mass is 10.1. The monoisotopic (exact) mass is 412 g/mol. The number of likely N-dealkylation sites (N-methyl/N-ethyl adjacent to an activating group) is 1. The van der Waals surface area contributed by atoms with Crippen molar-refractivity contribution in [3.8, 4) is 0 Å². The number of amides is 2. The molecule has 156 valence electrons. The number of rotatable bonds is 4. The zero-order valence-electron chi connectivity index (χ0n) is 16.7. The lowest BCUT2D eigenvalue weighted by Crippen LogP contribution is -2.37. The summed E-state index contributed by atoms with van der Waals surface area (Å²) >= 11 is 0. The number of halogens is 2. The lowest BCUT2D eigenvalue weighted by molar-refractivity contribution is -0.129. The van der Waals surface area contributed by atoms with Crippen LogP contribution in [0.5, 0.6) is 0 Å². The number of carbonyl (C=O) groups is 2. The third-order valence-corrected chi connectivity index (χ3v) is 5.64. The van der Waals surface area contributed by atoms with Crippen molar-refractivity contribution in [1.29, 1.82) is 0 Å². The molecule has 8 heteroatoms. The Morgan fingerprint density at radius 3 is 2.80 bits per heavy atom. The molecule has 0 spiro atoms. The van der Waals surface area contributed by atoms with Crippen molar-refractivity contribution in [3.63, 3.8) is 0 Å². The van der Waals surface area contributed by atoms with Crippen molar-refractivity contribution < 1.29 is 18.4 Å². The zero-order chi connectivity index (χ0) is 21.4. The normalized spacial score (nSPS) is 19.1. The maximum atomic E-state index is 14.7. The molecule has 0 radical (unpaired) electrons. The van der Waals surface area contributed by atoms with E-state index in [1.54, 1.807) is 24.1 Å². The van der Waals surface area contributed by atoms with Crippen LogP contribution in [0.4, 0.5) is 25.8 Å². The van der Waals surface area contributed by atoms with Gasteiger partial charge in [0.2, 0.25) is 5.91 Å². The molecular weight excluding hydrogens is 390 g/mol. The summed E-state index contributed by atoms with van der Waals surface area (Å²) in [4.78, 5) is 27.3. The fraction of sp³-hybridized carbons (Fsp3) is 0.273. The first kappa shape index (κ1) is 19.9. The van der Waals surface area contributed by atoms with Gasteiger partial charge in [0.05, 0.1) is 23.0 Å². The summed E-state index contributed by atoms with van der Waals surface area (Å²) in [5.41, 5.74) is 2.32. The fourth-order valence-electron chi connectivity index (χ4n) is 3.85. The van der Waals surface area contributed by atoms with Gasteiger partial charge in [-0.3, -0.25) is 9.59 Å². The van der Waals surface area contributed by atoms with Gasteiger partial charge < -0.3 is 20.4 Å². The number of nitrogens with zero attached hydrogens (tertiary/aromatic N) is 2. The van der Waals surface area contributed by atoms with E-state index in [1.807, 2.05) is 4.90 Å². The van der Waals surface area contributed by atoms with Crippen molar-refractivity contribution in [3.05, 3.63) is 59.8 Å². The van der Waals surface area contributed by atoms with Crippen LogP contribution >= 0.6 is 0 Å². The lowest BCUT2D eigenvalue weighted by Gasteiger charge is -2.24. The number of carbonyl (C=O) groups excluding carboxylic acids is 2. The minimum atomic E-state index is -0.431. The highest BCUT2D eigenvalue weighted by Crippen LogP contribution is 2.33. The Kier molecular flexibility index (Phi) is 5.15. The Morgan fingerprint density at radius 1 is 1.27 bits per heavy atom. The molecule has 0 bridgehead atoms. The van der Waals surface area contributed by atoms with Gasteiger partial charge in [-0.25, -0.2) is 8.78 Å². The van der Waals surface area contributed by atoms with Gasteiger partial charge in [0.15, 0.2) is 0 Å². The van der Waals surface area contributed by atoms with Crippen molar-refractivity contribution in [2.75, 3.05) is 35.7 Å². The van der Waals surface area contributed by atoms with Crippen molar-refractivity contribution >= 4 is 34.4 Å². The van der Waals surface area contributed by atoms with Crippen LogP contribution in [-0.2, 0) is 9.59 Å². The van der Waals surface area contributed by atoms with Gasteiger partial charge in [-0.1, -0.05) is 0 Å². The first-order chi connectivity index (χ1) is 14.3. The van der Waals surface area contributed by atoms with Gasteiger partial charge in [-0.05, 0) is 42.8 Å². The second-order valence-electron chi connectivity index (χ2n) is 7.53. The minimum Gasteiger partial charge on any atom is -0.367 e. The van der Waals surface area contributed by atoms with E-state index in [2.05, 4.69) is 10.6 Å². The number of hydrogen-bond donors (Lipinski definition) is 2. The number of benzene rings is 2. The average molecular weight is 412 g/mol. The van der Waals surface area contributed by atoms with E-state index in [0.717, 1.165) is 6.42 Å². The first-order valence-corrected chi connectivity index (χ1v) is 9.69. The molecule has 0 aliphatic carbocycles. The molecule has 6 nitrogen and oxygen atoms in total. The fourth-order valence-corrected chi connectivity index (χ4v) is 3.85. The Bertz CT molecular complexity index is 1050. The molecule has 4 rings (SSSR count). The zero-order valence-corrected chi connectivity index (χ0v) is 16.7. The molecule has 1 fully saturated rings. The molecule has 30 heavy (non-hydrogen) atoms. The quantitative estimate of drug-likeness (QED) is 0.756. The van der Waals surface area contributed by atoms with Crippen molar-refractivity contribution in [1.82, 2.24) is 4.90 Å². The molecule has 0 aromatic heterocycles. The second kappa shape index (κ2) is 7.78. The molecular formula is C22H22F2N4O2. The summed E-state index contributed by atoms with van der Waals surface area (Å²) in [5, 5.41) is 5.55. The first-order valence-electron chi connectivity index (χ1n) is 9.69. The topological polar surface area (TPSA) is 64.7 Å². The highest BCUT2D eigenvalue weighted by atomic mass is 19.1. The van der Waals surface area contributed by atoms with E-state index in [0.29, 0.717) is 41.3 Å². The molecule has 2 aromatic rings. The maximum absolute atomic E-state index is 14.7. The standard InChI is InChI=1S/C22H22F2N4O2/c1-13(29)27(2)16-7-8-28(12-16)21-6-4-15(10-19(21)24)25-11-18-17-5-3-14(23)9-20(17)26-22(18)30/h3-6,9-11,16,25H,7-8,12H2,1-2H3,(H,26,30)/b18-11-. The Hall–Kier alpha value is -3.42. The maximum Gasteiger partial charge on any atom is 0.257 e. The highest BCUT2D eigenvalue weighted by molar-refractivity contribution is 6.31. The second-order valence-corrected chi connectivity index (χ2v) is 7.53. The van der Waals surface area contributed by atoms with Crippen LogP contribution < -0.4 is 15.5 Å². The molecule has 2 aromatic carbocycles. The van der Waals surface area contributed by atoms with Crippen LogP contribution in [0.1, 0.15) is 18.9 Å². The van der Waals surface area contributed by atoms with Crippen molar-refractivity contribution in [2.24, 2.45) is 0 Å². The van der Waals surface area contributed by atoms with Crippen LogP contribution in [0.3, 0.4) is 0 Å². The number of anilines is 3. The van der Waals surface area contributed by atoms with Crippen molar-refractivity contribution in [2.45, 2.75) is 19.4 Å². The number of nitrogens with one attached hydrogen (secondary N) is 2. The molecule has 2 aliphatic heterocycles. The number of fused-ring (bicyclic) bond motifs is 1. The molecule has 2 aliphatic rings. The van der Waals surface area contributed by atoms with E-state index in [4.69, 9.17) is 0 Å². The third kappa shape index (κ3) is 3.72. The summed E-state index contributed by atoms with van der Waals surface area (Å²) in [7, 11) is 1.76. The van der Waals surface area contributed by atoms with E-state index in [-0.39, 0.29) is 23.7 Å². The van der Waals surface area contributed by atoms with Crippen LogP contribution in [-0.4, -0.2) is 42.9 Å². The predicted molar refractivity (Wildman–Crippen MR) is 112 cm³/mol. The van der Waals surface area contributed by atoms with Gasteiger partial charge in [0, 0.05) is 44.5 Å². The summed E-state index contributed by atoms with van der Waals surface area (Å²) in [6.07, 6.45) is 2.28. The van der Waals surface area contributed by atoms with E-state index in [1.165, 1.54) is 37.4 Å². The number of hydrogen-bond acceptors (Lipinski definition) is 4. The van der Waals surface area contributed by atoms with Crippen LogP contribution in [0, 0.1) is 11.6 Å². The molecule has 1 atom stereocenters. The largest absolute Gasteiger partial charge is 0.367 e. The van der Waals surface area contributed by atoms with E-state index < -0.39 is 5.82 Å². The van der Waals surface area contributed by atoms with Crippen LogP contribution in [0.25, 0.3) is 5.57 Å². The Labute approximate surface area is 173 Å². The Morgan fingerprint density at radius 2 is 2.07 bits per heavy atom. The smallest absolute Gasteiger partial charge is 0.257 e. The summed E-state index contributed by atoms with van der Waals surface area (Å²) < 4.78 is 28.1. The van der Waals surface area contributed by atoms with Gasteiger partial charge in [-0.2, -0.15) is 0 Å². The van der Waals surface area contributed by atoms with Gasteiger partial charge in [0.25, 0.3) is 5.91 Å². The summed E-state index contributed by atoms with van der Waals surface area (Å²) in [6.45, 7) is 2.78. The van der Waals surface area contributed by atoms with E-state index >= 15 is 0 Å². The predicted octanol–water partition coefficient (Wildman–Crippen LogP) is 3.43. The third-order valence-electron chi connectivity index (χ3n) is 5.64. The molecule has 1 unspecified atom stereocenters.